The molecule has 0 radical (unpaired) electrons. The lowest BCUT2D eigenvalue weighted by Gasteiger charge is -2.11. The lowest BCUT2D eigenvalue weighted by atomic mass is 10.0. The van der Waals surface area contributed by atoms with Gasteiger partial charge in [-0.15, -0.1) is 0 Å². The second-order valence-corrected chi connectivity index (χ2v) is 5.20. The van der Waals surface area contributed by atoms with Crippen LogP contribution in [0.3, 0.4) is 0 Å². The van der Waals surface area contributed by atoms with Crippen LogP contribution in [0.5, 0.6) is 5.75 Å². The predicted molar refractivity (Wildman–Crippen MR) is 78.4 cm³/mol. The molecule has 1 fully saturated rings. The quantitative estimate of drug-likeness (QED) is 0.154. The maximum absolute atomic E-state index is 14.2. The number of esters is 1. The van der Waals surface area contributed by atoms with Crippen molar-refractivity contribution in [3.8, 4) is 5.75 Å². The van der Waals surface area contributed by atoms with Gasteiger partial charge in [0.1, 0.15) is 11.7 Å². The summed E-state index contributed by atoms with van der Waals surface area (Å²) in [4.78, 5) is 24.4. The van der Waals surface area contributed by atoms with E-state index in [9.17, 15) is 27.2 Å². The number of carbonyl (C=O) groups is 2. The highest BCUT2D eigenvalue weighted by molar-refractivity contribution is 6.24. The number of ether oxygens (including phenoxy) is 2. The molecule has 0 saturated heterocycles. The first kappa shape index (κ1) is 18.8. The summed E-state index contributed by atoms with van der Waals surface area (Å²) in [5, 5.41) is 2.49. The summed E-state index contributed by atoms with van der Waals surface area (Å²) in [5.41, 5.74) is -1.59. The van der Waals surface area contributed by atoms with Crippen molar-refractivity contribution in [2.45, 2.75) is 25.6 Å². The Balaban J connectivity index is 2.42. The highest BCUT2D eigenvalue weighted by Gasteiger charge is 2.37. The summed E-state index contributed by atoms with van der Waals surface area (Å²) in [7, 11) is 0.896. The Morgan fingerprint density at radius 1 is 1.32 bits per heavy atom. The van der Waals surface area contributed by atoms with Crippen LogP contribution in [0.1, 0.15) is 23.7 Å². The molecule has 25 heavy (non-hydrogen) atoms. The summed E-state index contributed by atoms with van der Waals surface area (Å²) in [6.45, 7) is 1.40. The molecule has 0 aromatic heterocycles. The molecule has 1 aromatic carbocycles. The van der Waals surface area contributed by atoms with E-state index in [-0.39, 0.29) is 13.0 Å². The molecule has 0 amide bonds. The number of benzene rings is 1. The highest BCUT2D eigenvalue weighted by atomic mass is 19.2. The number of rotatable bonds is 7. The molecule has 1 saturated carbocycles. The van der Waals surface area contributed by atoms with Gasteiger partial charge in [0.15, 0.2) is 17.4 Å². The third kappa shape index (κ3) is 3.92. The fourth-order valence-electron chi connectivity index (χ4n) is 2.02. The van der Waals surface area contributed by atoms with Crippen LogP contribution < -0.4 is 10.1 Å². The number of alkyl halides is 1. The molecule has 0 bridgehead atoms. The largest absolute Gasteiger partial charge is 0.491 e. The van der Waals surface area contributed by atoms with Gasteiger partial charge in [0.25, 0.3) is 0 Å². The minimum absolute atomic E-state index is 0.0812. The van der Waals surface area contributed by atoms with Crippen molar-refractivity contribution in [3.63, 3.8) is 0 Å². The Hall–Kier alpha value is -2.58. The van der Waals surface area contributed by atoms with Crippen molar-refractivity contribution < 1.29 is 36.6 Å². The first-order chi connectivity index (χ1) is 11.8. The maximum Gasteiger partial charge on any atom is 0.343 e. The summed E-state index contributed by atoms with van der Waals surface area (Å²) >= 11 is 0. The summed E-state index contributed by atoms with van der Waals surface area (Å²) in [5.74, 6) is -8.05. The van der Waals surface area contributed by atoms with E-state index in [0.717, 1.165) is 13.3 Å². The zero-order valence-corrected chi connectivity index (χ0v) is 13.4. The normalized spacial score (nSPS) is 19.4. The van der Waals surface area contributed by atoms with E-state index in [4.69, 9.17) is 4.74 Å². The molecular weight excluding hydrogens is 346 g/mol. The summed E-state index contributed by atoms with van der Waals surface area (Å²) in [6.07, 6.45) is -0.0544. The molecule has 2 atom stereocenters. The van der Waals surface area contributed by atoms with E-state index in [2.05, 4.69) is 10.1 Å². The average Bonchev–Trinajstić information content (AvgIpc) is 3.27. The monoisotopic (exact) mass is 361 g/mol. The van der Waals surface area contributed by atoms with Crippen LogP contribution in [-0.4, -0.2) is 37.7 Å². The van der Waals surface area contributed by atoms with Gasteiger partial charge in [-0.05, 0) is 13.0 Å². The topological polar surface area (TPSA) is 64.6 Å². The SMILES string of the molecule is CCOC(=O)C(=CN[C@@H]1C[C@@H]1F)C(=O)c1cc(F)c(F)c(OC)c1F. The van der Waals surface area contributed by atoms with Crippen LogP contribution in [0, 0.1) is 17.5 Å². The van der Waals surface area contributed by atoms with Crippen molar-refractivity contribution >= 4 is 11.8 Å². The number of carbonyl (C=O) groups excluding carboxylic acids is 2. The molecule has 136 valence electrons. The van der Waals surface area contributed by atoms with E-state index in [1.54, 1.807) is 0 Å². The van der Waals surface area contributed by atoms with Crippen LogP contribution >= 0.6 is 0 Å². The second kappa shape index (κ2) is 7.54. The van der Waals surface area contributed by atoms with Gasteiger partial charge in [-0.25, -0.2) is 18.0 Å². The van der Waals surface area contributed by atoms with E-state index in [0.29, 0.717) is 6.07 Å². The van der Waals surface area contributed by atoms with E-state index in [1.807, 2.05) is 0 Å². The standard InChI is InChI=1S/C16H15F4NO4/c1-3-25-16(23)8(6-21-11-5-9(11)17)14(22)7-4-10(18)13(20)15(24-2)12(7)19/h4,6,9,11,21H,3,5H2,1-2H3/t9-,11+/m0/s1. The van der Waals surface area contributed by atoms with Gasteiger partial charge in [0, 0.05) is 12.6 Å². The molecule has 0 aliphatic heterocycles. The van der Waals surface area contributed by atoms with Gasteiger partial charge in [0.2, 0.25) is 11.6 Å². The number of halogens is 4. The zero-order valence-electron chi connectivity index (χ0n) is 13.4. The highest BCUT2D eigenvalue weighted by Crippen LogP contribution is 2.29. The minimum Gasteiger partial charge on any atom is -0.491 e. The first-order valence-electron chi connectivity index (χ1n) is 7.35. The third-order valence-electron chi connectivity index (χ3n) is 3.46. The van der Waals surface area contributed by atoms with Gasteiger partial charge in [0.05, 0.1) is 25.3 Å². The fourth-order valence-corrected chi connectivity index (χ4v) is 2.02. The number of hydrogen-bond acceptors (Lipinski definition) is 5. The van der Waals surface area contributed by atoms with E-state index in [1.165, 1.54) is 6.92 Å². The molecule has 5 nitrogen and oxygen atoms in total. The molecule has 1 aliphatic carbocycles. The van der Waals surface area contributed by atoms with E-state index >= 15 is 0 Å². The van der Waals surface area contributed by atoms with Gasteiger partial charge < -0.3 is 14.8 Å². The zero-order chi connectivity index (χ0) is 18.7. The molecule has 9 heteroatoms. The molecule has 2 rings (SSSR count). The lowest BCUT2D eigenvalue weighted by Crippen LogP contribution is -2.22. The first-order valence-corrected chi connectivity index (χ1v) is 7.35. The minimum atomic E-state index is -1.60. The number of methoxy groups -OCH3 is 1. The third-order valence-corrected chi connectivity index (χ3v) is 3.46. The molecule has 1 N–H and O–H groups in total. The average molecular weight is 361 g/mol. The number of Topliss-reactive ketones (excluding diaryl/α,β-unsaturated/α-hetero) is 1. The Kier molecular flexibility index (Phi) is 5.66. The Bertz CT molecular complexity index is 735. The molecule has 0 unspecified atom stereocenters. The van der Waals surface area contributed by atoms with Crippen LogP contribution in [-0.2, 0) is 9.53 Å². The van der Waals surface area contributed by atoms with Crippen LogP contribution in [0.25, 0.3) is 0 Å². The van der Waals surface area contributed by atoms with Crippen LogP contribution in [0.15, 0.2) is 17.8 Å². The van der Waals surface area contributed by atoms with Gasteiger partial charge >= 0.3 is 5.97 Å². The smallest absolute Gasteiger partial charge is 0.343 e. The summed E-state index contributed by atoms with van der Waals surface area (Å²) in [6, 6.07) is -0.265. The van der Waals surface area contributed by atoms with Gasteiger partial charge in [-0.1, -0.05) is 0 Å². The molecule has 0 heterocycles. The second-order valence-electron chi connectivity index (χ2n) is 5.20. The number of nitrogens with one attached hydrogen (secondary N) is 1. The van der Waals surface area contributed by atoms with Gasteiger partial charge in [-0.3, -0.25) is 4.79 Å². The van der Waals surface area contributed by atoms with Crippen molar-refractivity contribution in [1.29, 1.82) is 0 Å². The molecule has 0 spiro atoms. The van der Waals surface area contributed by atoms with Crippen molar-refractivity contribution in [3.05, 3.63) is 40.9 Å². The molecular formula is C16H15F4NO4. The Morgan fingerprint density at radius 2 is 1.96 bits per heavy atom. The number of hydrogen-bond donors (Lipinski definition) is 1. The Morgan fingerprint density at radius 3 is 2.48 bits per heavy atom. The molecule has 1 aliphatic rings. The summed E-state index contributed by atoms with van der Waals surface area (Å²) < 4.78 is 63.3. The van der Waals surface area contributed by atoms with Gasteiger partial charge in [-0.2, -0.15) is 4.39 Å². The van der Waals surface area contributed by atoms with Crippen molar-refractivity contribution in [1.82, 2.24) is 5.32 Å². The van der Waals surface area contributed by atoms with Crippen LogP contribution in [0.4, 0.5) is 17.6 Å². The number of ketones is 1. The van der Waals surface area contributed by atoms with Crippen molar-refractivity contribution in [2.75, 3.05) is 13.7 Å². The van der Waals surface area contributed by atoms with E-state index < -0.39 is 58.3 Å². The predicted octanol–water partition coefficient (Wildman–Crippen LogP) is 2.44. The maximum atomic E-state index is 14.2. The molecule has 1 aromatic rings. The Labute approximate surface area is 140 Å². The fraction of sp³-hybridized carbons (Fsp3) is 0.375. The van der Waals surface area contributed by atoms with Crippen molar-refractivity contribution in [2.24, 2.45) is 0 Å². The van der Waals surface area contributed by atoms with Crippen LogP contribution in [0.2, 0.25) is 0 Å². The lowest BCUT2D eigenvalue weighted by molar-refractivity contribution is -0.138.